The summed E-state index contributed by atoms with van der Waals surface area (Å²) in [6.07, 6.45) is 5.23. The van der Waals surface area contributed by atoms with Gasteiger partial charge in [0.05, 0.1) is 43.3 Å². The van der Waals surface area contributed by atoms with Crippen LogP contribution in [0, 0.1) is 6.92 Å². The Morgan fingerprint density at radius 1 is 1.05 bits per heavy atom. The van der Waals surface area contributed by atoms with E-state index in [-0.39, 0.29) is 0 Å². The molecule has 0 atom stereocenters. The van der Waals surface area contributed by atoms with E-state index in [9.17, 15) is 9.90 Å². The molecular weight excluding hydrogens is 540 g/mol. The van der Waals surface area contributed by atoms with Crippen molar-refractivity contribution in [3.8, 4) is 16.9 Å². The second-order valence-corrected chi connectivity index (χ2v) is 11.3. The van der Waals surface area contributed by atoms with E-state index in [0.29, 0.717) is 44.9 Å². The predicted octanol–water partition coefficient (Wildman–Crippen LogP) is 6.32. The molecule has 0 saturated carbocycles. The van der Waals surface area contributed by atoms with Gasteiger partial charge in [-0.2, -0.15) is 5.10 Å². The van der Waals surface area contributed by atoms with Gasteiger partial charge >= 0.3 is 5.97 Å². The Balaban J connectivity index is 1.40. The number of benzene rings is 3. The number of para-hydroxylation sites is 1. The van der Waals surface area contributed by atoms with Crippen LogP contribution in [0.15, 0.2) is 72.8 Å². The summed E-state index contributed by atoms with van der Waals surface area (Å²) >= 11 is 0. The number of hydrogen-bond donors (Lipinski definition) is 1. The summed E-state index contributed by atoms with van der Waals surface area (Å²) in [5.41, 5.74) is 6.02. The van der Waals surface area contributed by atoms with E-state index in [1.165, 1.54) is 0 Å². The number of rotatable bonds is 9. The van der Waals surface area contributed by atoms with Gasteiger partial charge in [0.1, 0.15) is 11.4 Å². The highest BCUT2D eigenvalue weighted by Crippen LogP contribution is 2.39. The van der Waals surface area contributed by atoms with Gasteiger partial charge in [0.25, 0.3) is 0 Å². The minimum atomic E-state index is -0.926. The first-order valence-corrected chi connectivity index (χ1v) is 14.9. The number of fused-ring (bicyclic) bond motifs is 3. The van der Waals surface area contributed by atoms with Crippen LogP contribution in [0.2, 0.25) is 0 Å². The van der Waals surface area contributed by atoms with E-state index >= 15 is 0 Å². The van der Waals surface area contributed by atoms with Gasteiger partial charge in [-0.25, -0.2) is 4.79 Å². The molecule has 1 N–H and O–H groups in total. The number of hydrogen-bond acceptors (Lipinski definition) is 5. The summed E-state index contributed by atoms with van der Waals surface area (Å²) < 4.78 is 16.3. The fourth-order valence-corrected chi connectivity index (χ4v) is 6.19. The zero-order valence-electron chi connectivity index (χ0n) is 25.0. The molecule has 8 nitrogen and oxygen atoms in total. The predicted molar refractivity (Wildman–Crippen MR) is 170 cm³/mol. The molecule has 8 heteroatoms. The first-order valence-electron chi connectivity index (χ1n) is 14.9. The molecule has 0 bridgehead atoms. The van der Waals surface area contributed by atoms with Crippen molar-refractivity contribution < 1.29 is 19.4 Å². The summed E-state index contributed by atoms with van der Waals surface area (Å²) in [5.74, 6) is -0.0809. The van der Waals surface area contributed by atoms with Crippen LogP contribution in [0.1, 0.15) is 33.9 Å². The van der Waals surface area contributed by atoms with Gasteiger partial charge in [0, 0.05) is 35.0 Å². The van der Waals surface area contributed by atoms with E-state index in [1.54, 1.807) is 0 Å². The van der Waals surface area contributed by atoms with Crippen molar-refractivity contribution in [3.05, 3.63) is 95.5 Å². The lowest BCUT2D eigenvalue weighted by Gasteiger charge is -2.14. The lowest BCUT2D eigenvalue weighted by atomic mass is 9.98. The number of ether oxygens (including phenoxy) is 2. The maximum Gasteiger partial charge on any atom is 0.352 e. The van der Waals surface area contributed by atoms with E-state index in [0.717, 1.165) is 68.6 Å². The number of aryl methyl sites for hydroxylation is 2. The first kappa shape index (κ1) is 28.7. The number of nitrogens with zero attached hydrogens (tertiary/aromatic N) is 4. The van der Waals surface area contributed by atoms with Crippen molar-refractivity contribution in [1.29, 1.82) is 0 Å². The largest absolute Gasteiger partial charge is 0.493 e. The molecule has 0 unspecified atom stereocenters. The Morgan fingerprint density at radius 2 is 1.84 bits per heavy atom. The second kappa shape index (κ2) is 12.5. The summed E-state index contributed by atoms with van der Waals surface area (Å²) in [6, 6.07) is 20.4. The third-order valence-corrected chi connectivity index (χ3v) is 8.14. The lowest BCUT2D eigenvalue weighted by Crippen LogP contribution is -2.20. The lowest BCUT2D eigenvalue weighted by molar-refractivity contribution is 0.0685. The highest BCUT2D eigenvalue weighted by molar-refractivity contribution is 6.04. The highest BCUT2D eigenvalue weighted by atomic mass is 16.5. The van der Waals surface area contributed by atoms with E-state index < -0.39 is 5.97 Å². The van der Waals surface area contributed by atoms with Crippen LogP contribution in [-0.4, -0.2) is 64.2 Å². The standard InChI is InChI=1S/C35H38N4O4/c1-24-32-29-15-9-14-27-28(16-10-22-43-31-17-8-12-25-11-4-5-13-26(25)31)34(35(40)41)38(33(27)29)18-6-7-21-42-23-30(32)39(36-24)20-19-37(2)3/h4-9,11-15,17H,10,16,18-23H2,1-3H3,(H,40,41)/b7-6-. The Hall–Kier alpha value is -4.40. The van der Waals surface area contributed by atoms with Gasteiger partial charge in [0.15, 0.2) is 0 Å². The number of carboxylic acid groups (broad SMARTS) is 1. The fourth-order valence-electron chi connectivity index (χ4n) is 6.19. The molecule has 6 rings (SSSR count). The maximum absolute atomic E-state index is 12.9. The van der Waals surface area contributed by atoms with Crippen molar-refractivity contribution in [1.82, 2.24) is 19.2 Å². The molecule has 222 valence electrons. The van der Waals surface area contributed by atoms with E-state index in [1.807, 2.05) is 64.7 Å². The van der Waals surface area contributed by atoms with Crippen molar-refractivity contribution in [2.45, 2.75) is 39.5 Å². The topological polar surface area (TPSA) is 81.8 Å². The van der Waals surface area contributed by atoms with Crippen molar-refractivity contribution in [2.24, 2.45) is 0 Å². The van der Waals surface area contributed by atoms with Gasteiger partial charge in [-0.1, -0.05) is 66.7 Å². The number of carbonyl (C=O) groups is 1. The van der Waals surface area contributed by atoms with Crippen LogP contribution in [-0.2, 0) is 30.9 Å². The first-order chi connectivity index (χ1) is 20.9. The van der Waals surface area contributed by atoms with Crippen molar-refractivity contribution >= 4 is 27.6 Å². The molecule has 2 aromatic heterocycles. The minimum absolute atomic E-state index is 0.330. The Kier molecular flexibility index (Phi) is 8.31. The highest BCUT2D eigenvalue weighted by Gasteiger charge is 2.27. The molecule has 3 heterocycles. The molecule has 5 aromatic rings. The summed E-state index contributed by atoms with van der Waals surface area (Å²) in [6.45, 7) is 5.41. The van der Waals surface area contributed by atoms with Gasteiger partial charge < -0.3 is 24.0 Å². The zero-order chi connectivity index (χ0) is 29.9. The van der Waals surface area contributed by atoms with Gasteiger partial charge in [-0.15, -0.1) is 0 Å². The Labute approximate surface area is 251 Å². The monoisotopic (exact) mass is 578 g/mol. The van der Waals surface area contributed by atoms with Crippen LogP contribution in [0.25, 0.3) is 32.8 Å². The van der Waals surface area contributed by atoms with E-state index in [4.69, 9.17) is 14.6 Å². The van der Waals surface area contributed by atoms with Crippen LogP contribution < -0.4 is 4.74 Å². The minimum Gasteiger partial charge on any atom is -0.493 e. The number of carboxylic acids is 1. The van der Waals surface area contributed by atoms with Crippen LogP contribution >= 0.6 is 0 Å². The molecule has 3 aromatic carbocycles. The molecule has 0 radical (unpaired) electrons. The van der Waals surface area contributed by atoms with Crippen LogP contribution in [0.5, 0.6) is 5.75 Å². The molecule has 0 fully saturated rings. The average molecular weight is 579 g/mol. The Morgan fingerprint density at radius 3 is 2.67 bits per heavy atom. The van der Waals surface area contributed by atoms with Gasteiger partial charge in [-0.05, 0) is 50.9 Å². The summed E-state index contributed by atoms with van der Waals surface area (Å²) in [4.78, 5) is 15.0. The van der Waals surface area contributed by atoms with Gasteiger partial charge in [0.2, 0.25) is 0 Å². The zero-order valence-corrected chi connectivity index (χ0v) is 25.0. The summed E-state index contributed by atoms with van der Waals surface area (Å²) in [7, 11) is 4.10. The number of allylic oxidation sites excluding steroid dienone is 1. The second-order valence-electron chi connectivity index (χ2n) is 11.3. The smallest absolute Gasteiger partial charge is 0.352 e. The van der Waals surface area contributed by atoms with E-state index in [2.05, 4.69) is 43.3 Å². The SMILES string of the molecule is Cc1nn(CCN(C)C)c2c1-c1cccc3c(CCCOc4cccc5ccccc45)c(C(=O)O)n(c13)C/C=C\COC2. The van der Waals surface area contributed by atoms with Crippen LogP contribution in [0.4, 0.5) is 0 Å². The van der Waals surface area contributed by atoms with Gasteiger partial charge in [-0.3, -0.25) is 4.68 Å². The normalized spacial score (nSPS) is 14.1. The quantitative estimate of drug-likeness (QED) is 0.163. The molecule has 0 amide bonds. The number of likely N-dealkylation sites (N-methyl/N-ethyl adjacent to an activating group) is 1. The molecule has 1 aliphatic rings. The molecule has 0 spiro atoms. The van der Waals surface area contributed by atoms with Crippen molar-refractivity contribution in [3.63, 3.8) is 0 Å². The third-order valence-electron chi connectivity index (χ3n) is 8.14. The number of aromatic carboxylic acids is 1. The molecule has 43 heavy (non-hydrogen) atoms. The third kappa shape index (κ3) is 5.68. The average Bonchev–Trinajstić information content (AvgIpc) is 3.48. The van der Waals surface area contributed by atoms with Crippen LogP contribution in [0.3, 0.4) is 0 Å². The Bertz CT molecular complexity index is 1810. The summed E-state index contributed by atoms with van der Waals surface area (Å²) in [5, 5.41) is 18.6. The fraction of sp³-hybridized carbons (Fsp3) is 0.314. The maximum atomic E-state index is 12.9. The molecule has 0 aliphatic carbocycles. The molecular formula is C35H38N4O4. The molecule has 0 saturated heterocycles. The van der Waals surface area contributed by atoms with Crippen molar-refractivity contribution in [2.75, 3.05) is 33.9 Å². The molecule has 1 aliphatic heterocycles. The number of aromatic nitrogens is 3.